The zero-order valence-electron chi connectivity index (χ0n) is 12.9. The lowest BCUT2D eigenvalue weighted by Crippen LogP contribution is -2.55. The van der Waals surface area contributed by atoms with Gasteiger partial charge in [-0.05, 0) is 30.0 Å². The summed E-state index contributed by atoms with van der Waals surface area (Å²) in [4.78, 5) is 14.8. The van der Waals surface area contributed by atoms with E-state index in [2.05, 4.69) is 11.0 Å². The predicted molar refractivity (Wildman–Crippen MR) is 83.1 cm³/mol. The van der Waals surface area contributed by atoms with Crippen LogP contribution in [0, 0.1) is 0 Å². The summed E-state index contributed by atoms with van der Waals surface area (Å²) in [5.41, 5.74) is 2.34. The minimum Gasteiger partial charge on any atom is -0.493 e. The van der Waals surface area contributed by atoms with Crippen molar-refractivity contribution < 1.29 is 14.3 Å². The Bertz CT molecular complexity index is 569. The van der Waals surface area contributed by atoms with Crippen molar-refractivity contribution in [1.29, 1.82) is 0 Å². The SMILES string of the molecule is O=C(Cc1ccc2c(c1)CCO2)N1CCO[C@@H]2CCCC[C@@H]21. The number of carbonyl (C=O) groups excluding carboxylic acids is 1. The Kier molecular flexibility index (Phi) is 3.78. The van der Waals surface area contributed by atoms with E-state index in [1.54, 1.807) is 0 Å². The highest BCUT2D eigenvalue weighted by Gasteiger charge is 2.36. The van der Waals surface area contributed by atoms with Crippen LogP contribution < -0.4 is 4.74 Å². The minimum absolute atomic E-state index is 0.249. The number of nitrogens with zero attached hydrogens (tertiary/aromatic N) is 1. The van der Waals surface area contributed by atoms with Crippen LogP contribution in [0.3, 0.4) is 0 Å². The number of hydrogen-bond donors (Lipinski definition) is 0. The summed E-state index contributed by atoms with van der Waals surface area (Å²) in [5, 5.41) is 0. The first kappa shape index (κ1) is 14.1. The van der Waals surface area contributed by atoms with Crippen LogP contribution in [0.1, 0.15) is 36.8 Å². The average Bonchev–Trinajstić information content (AvgIpc) is 3.02. The van der Waals surface area contributed by atoms with E-state index in [0.29, 0.717) is 19.1 Å². The first-order valence-corrected chi connectivity index (χ1v) is 8.47. The van der Waals surface area contributed by atoms with E-state index in [1.165, 1.54) is 18.4 Å². The molecule has 1 aliphatic carbocycles. The van der Waals surface area contributed by atoms with Gasteiger partial charge in [0.2, 0.25) is 5.91 Å². The fraction of sp³-hybridized carbons (Fsp3) is 0.611. The van der Waals surface area contributed by atoms with Crippen LogP contribution in [-0.4, -0.2) is 42.7 Å². The van der Waals surface area contributed by atoms with E-state index in [4.69, 9.17) is 9.47 Å². The monoisotopic (exact) mass is 301 g/mol. The molecule has 118 valence electrons. The Morgan fingerprint density at radius 1 is 1.23 bits per heavy atom. The molecule has 1 aromatic carbocycles. The minimum atomic E-state index is 0.249. The summed E-state index contributed by atoms with van der Waals surface area (Å²) >= 11 is 0. The number of amides is 1. The van der Waals surface area contributed by atoms with Crippen LogP contribution in [0.15, 0.2) is 18.2 Å². The predicted octanol–water partition coefficient (Wildman–Crippen LogP) is 2.33. The average molecular weight is 301 g/mol. The van der Waals surface area contributed by atoms with Crippen LogP contribution in [0.2, 0.25) is 0 Å². The molecule has 0 radical (unpaired) electrons. The van der Waals surface area contributed by atoms with Gasteiger partial charge in [0.15, 0.2) is 0 Å². The van der Waals surface area contributed by atoms with Crippen molar-refractivity contribution >= 4 is 5.91 Å². The van der Waals surface area contributed by atoms with Crippen LogP contribution >= 0.6 is 0 Å². The molecule has 22 heavy (non-hydrogen) atoms. The molecular weight excluding hydrogens is 278 g/mol. The van der Waals surface area contributed by atoms with Crippen molar-refractivity contribution in [3.8, 4) is 5.75 Å². The van der Waals surface area contributed by atoms with Gasteiger partial charge in [0.1, 0.15) is 5.75 Å². The van der Waals surface area contributed by atoms with E-state index < -0.39 is 0 Å². The van der Waals surface area contributed by atoms with E-state index in [1.807, 2.05) is 12.1 Å². The van der Waals surface area contributed by atoms with Crippen molar-refractivity contribution in [1.82, 2.24) is 4.90 Å². The molecule has 2 atom stereocenters. The van der Waals surface area contributed by atoms with Gasteiger partial charge in [-0.3, -0.25) is 4.79 Å². The van der Waals surface area contributed by atoms with Gasteiger partial charge in [-0.15, -0.1) is 0 Å². The van der Waals surface area contributed by atoms with Gasteiger partial charge < -0.3 is 14.4 Å². The second-order valence-electron chi connectivity index (χ2n) is 6.57. The zero-order chi connectivity index (χ0) is 14.9. The summed E-state index contributed by atoms with van der Waals surface area (Å²) in [7, 11) is 0. The maximum Gasteiger partial charge on any atom is 0.227 e. The molecule has 0 aromatic heterocycles. The van der Waals surface area contributed by atoms with E-state index in [9.17, 15) is 4.79 Å². The van der Waals surface area contributed by atoms with Crippen LogP contribution in [-0.2, 0) is 22.4 Å². The quantitative estimate of drug-likeness (QED) is 0.841. The highest BCUT2D eigenvalue weighted by atomic mass is 16.5. The Morgan fingerprint density at radius 3 is 3.09 bits per heavy atom. The molecule has 1 aromatic rings. The van der Waals surface area contributed by atoms with E-state index in [-0.39, 0.29) is 12.0 Å². The second kappa shape index (κ2) is 5.92. The van der Waals surface area contributed by atoms with Gasteiger partial charge in [0.25, 0.3) is 0 Å². The second-order valence-corrected chi connectivity index (χ2v) is 6.57. The smallest absolute Gasteiger partial charge is 0.227 e. The molecule has 4 nitrogen and oxygen atoms in total. The molecule has 0 spiro atoms. The molecule has 0 unspecified atom stereocenters. The molecule has 1 saturated carbocycles. The molecular formula is C18H23NO3. The summed E-state index contributed by atoms with van der Waals surface area (Å²) in [6, 6.07) is 6.47. The molecule has 0 bridgehead atoms. The first-order valence-electron chi connectivity index (χ1n) is 8.47. The maximum atomic E-state index is 12.8. The van der Waals surface area contributed by atoms with Gasteiger partial charge in [0, 0.05) is 13.0 Å². The number of morpholine rings is 1. The topological polar surface area (TPSA) is 38.8 Å². The molecule has 3 aliphatic rings. The third kappa shape index (κ3) is 2.60. The maximum absolute atomic E-state index is 12.8. The first-order chi connectivity index (χ1) is 10.8. The van der Waals surface area contributed by atoms with Gasteiger partial charge in [-0.1, -0.05) is 25.0 Å². The van der Waals surface area contributed by atoms with E-state index >= 15 is 0 Å². The summed E-state index contributed by atoms with van der Waals surface area (Å²) in [5.74, 6) is 1.23. The normalized spacial score (nSPS) is 27.0. The lowest BCUT2D eigenvalue weighted by molar-refractivity contribution is -0.148. The lowest BCUT2D eigenvalue weighted by atomic mass is 9.89. The summed E-state index contributed by atoms with van der Waals surface area (Å²) < 4.78 is 11.4. The van der Waals surface area contributed by atoms with Crippen molar-refractivity contribution in [3.63, 3.8) is 0 Å². The number of fused-ring (bicyclic) bond motifs is 2. The van der Waals surface area contributed by atoms with Gasteiger partial charge in [-0.2, -0.15) is 0 Å². The Labute approximate surface area is 131 Å². The van der Waals surface area contributed by atoms with Crippen molar-refractivity contribution in [3.05, 3.63) is 29.3 Å². The van der Waals surface area contributed by atoms with Crippen molar-refractivity contribution in [2.75, 3.05) is 19.8 Å². The Hall–Kier alpha value is -1.55. The van der Waals surface area contributed by atoms with Crippen LogP contribution in [0.5, 0.6) is 5.75 Å². The molecule has 1 amide bonds. The number of benzene rings is 1. The number of rotatable bonds is 2. The molecule has 4 rings (SSSR count). The van der Waals surface area contributed by atoms with Crippen LogP contribution in [0.4, 0.5) is 0 Å². The third-order valence-electron chi connectivity index (χ3n) is 5.16. The fourth-order valence-electron chi connectivity index (χ4n) is 4.03. The lowest BCUT2D eigenvalue weighted by Gasteiger charge is -2.43. The molecule has 0 N–H and O–H groups in total. The Balaban J connectivity index is 1.47. The summed E-state index contributed by atoms with van der Waals surface area (Å²) in [6.45, 7) is 2.19. The van der Waals surface area contributed by atoms with E-state index in [0.717, 1.165) is 43.7 Å². The molecule has 2 aliphatic heterocycles. The standard InChI is InChI=1S/C18H23NO3/c20-18(12-13-5-6-16-14(11-13)7-9-21-16)19-8-10-22-17-4-2-1-3-15(17)19/h5-6,11,15,17H,1-4,7-10,12H2/t15-,17+/m0/s1. The Morgan fingerprint density at radius 2 is 2.14 bits per heavy atom. The highest BCUT2D eigenvalue weighted by Crippen LogP contribution is 2.30. The number of ether oxygens (including phenoxy) is 2. The molecule has 4 heteroatoms. The van der Waals surface area contributed by atoms with Crippen molar-refractivity contribution in [2.45, 2.75) is 50.7 Å². The zero-order valence-corrected chi connectivity index (χ0v) is 12.9. The van der Waals surface area contributed by atoms with Gasteiger partial charge in [-0.25, -0.2) is 0 Å². The van der Waals surface area contributed by atoms with Gasteiger partial charge >= 0.3 is 0 Å². The molecule has 2 heterocycles. The van der Waals surface area contributed by atoms with Gasteiger partial charge in [0.05, 0.1) is 31.8 Å². The fourth-order valence-corrected chi connectivity index (χ4v) is 4.03. The third-order valence-corrected chi connectivity index (χ3v) is 5.16. The summed E-state index contributed by atoms with van der Waals surface area (Å²) in [6.07, 6.45) is 6.35. The largest absolute Gasteiger partial charge is 0.493 e. The molecule has 1 saturated heterocycles. The number of carbonyl (C=O) groups is 1. The van der Waals surface area contributed by atoms with Crippen molar-refractivity contribution in [2.24, 2.45) is 0 Å². The number of hydrogen-bond acceptors (Lipinski definition) is 3. The molecule has 2 fully saturated rings. The van der Waals surface area contributed by atoms with Crippen LogP contribution in [0.25, 0.3) is 0 Å². The highest BCUT2D eigenvalue weighted by molar-refractivity contribution is 5.79.